The number of methoxy groups -OCH3 is 1. The summed E-state index contributed by atoms with van der Waals surface area (Å²) in [6.07, 6.45) is 0.316. The number of aromatic nitrogens is 3. The van der Waals surface area contributed by atoms with Crippen LogP contribution < -0.4 is 5.32 Å². The standard InChI is InChI=1S/C13H14F2N4O/c1-20-7-10-4-12(19-8-18-10)17-6-9-2-3-11(13(14)15)16-5-9/h2-5,8,13H,6-7H2,1H3,(H,17,18,19). The zero-order valence-corrected chi connectivity index (χ0v) is 10.9. The van der Waals surface area contributed by atoms with E-state index in [9.17, 15) is 8.78 Å². The molecule has 0 spiro atoms. The van der Waals surface area contributed by atoms with Gasteiger partial charge in [0.2, 0.25) is 0 Å². The van der Waals surface area contributed by atoms with Gasteiger partial charge >= 0.3 is 0 Å². The van der Waals surface area contributed by atoms with Crippen LogP contribution in [0.3, 0.4) is 0 Å². The largest absolute Gasteiger partial charge is 0.378 e. The summed E-state index contributed by atoms with van der Waals surface area (Å²) in [5.74, 6) is 0.644. The first-order chi connectivity index (χ1) is 9.69. The zero-order valence-electron chi connectivity index (χ0n) is 10.9. The van der Waals surface area contributed by atoms with Crippen LogP contribution in [0.2, 0.25) is 0 Å². The van der Waals surface area contributed by atoms with Gasteiger partial charge in [0.15, 0.2) is 0 Å². The first-order valence-corrected chi connectivity index (χ1v) is 5.95. The molecule has 2 heterocycles. The van der Waals surface area contributed by atoms with Crippen molar-refractivity contribution in [1.82, 2.24) is 15.0 Å². The van der Waals surface area contributed by atoms with E-state index in [1.807, 2.05) is 0 Å². The first kappa shape index (κ1) is 14.3. The summed E-state index contributed by atoms with van der Waals surface area (Å²) in [6.45, 7) is 0.849. The Labute approximate surface area is 115 Å². The Bertz CT molecular complexity index is 548. The van der Waals surface area contributed by atoms with Gasteiger partial charge in [-0.15, -0.1) is 0 Å². The maximum atomic E-state index is 12.4. The highest BCUT2D eigenvalue weighted by Gasteiger charge is 2.07. The summed E-state index contributed by atoms with van der Waals surface area (Å²) in [4.78, 5) is 11.8. The number of nitrogens with zero attached hydrogens (tertiary/aromatic N) is 3. The third kappa shape index (κ3) is 3.92. The van der Waals surface area contributed by atoms with Crippen molar-refractivity contribution in [2.24, 2.45) is 0 Å². The van der Waals surface area contributed by atoms with Crippen LogP contribution in [-0.2, 0) is 17.9 Å². The molecule has 0 unspecified atom stereocenters. The molecule has 0 aliphatic carbocycles. The van der Waals surface area contributed by atoms with E-state index < -0.39 is 6.43 Å². The van der Waals surface area contributed by atoms with Crippen molar-refractivity contribution < 1.29 is 13.5 Å². The molecule has 0 aliphatic heterocycles. The van der Waals surface area contributed by atoms with Crippen molar-refractivity contribution in [3.8, 4) is 0 Å². The number of nitrogens with one attached hydrogen (secondary N) is 1. The molecular weight excluding hydrogens is 266 g/mol. The lowest BCUT2D eigenvalue weighted by Gasteiger charge is -2.07. The molecule has 20 heavy (non-hydrogen) atoms. The van der Waals surface area contributed by atoms with Crippen LogP contribution in [0.15, 0.2) is 30.7 Å². The van der Waals surface area contributed by atoms with Crippen molar-refractivity contribution in [3.63, 3.8) is 0 Å². The van der Waals surface area contributed by atoms with E-state index in [1.165, 1.54) is 18.6 Å². The Morgan fingerprint density at radius 1 is 1.25 bits per heavy atom. The normalized spacial score (nSPS) is 10.8. The van der Waals surface area contributed by atoms with Crippen LogP contribution in [0.1, 0.15) is 23.4 Å². The predicted molar refractivity (Wildman–Crippen MR) is 69.3 cm³/mol. The average molecular weight is 280 g/mol. The molecule has 0 saturated heterocycles. The highest BCUT2D eigenvalue weighted by atomic mass is 19.3. The molecule has 0 aromatic carbocycles. The van der Waals surface area contributed by atoms with Gasteiger partial charge in [-0.2, -0.15) is 0 Å². The SMILES string of the molecule is COCc1cc(NCc2ccc(C(F)F)nc2)ncn1. The fourth-order valence-electron chi connectivity index (χ4n) is 1.58. The van der Waals surface area contributed by atoms with Crippen LogP contribution in [0.25, 0.3) is 0 Å². The smallest absolute Gasteiger partial charge is 0.280 e. The van der Waals surface area contributed by atoms with Crippen LogP contribution in [-0.4, -0.2) is 22.1 Å². The molecule has 0 aliphatic rings. The van der Waals surface area contributed by atoms with Gasteiger partial charge in [-0.05, 0) is 11.6 Å². The highest BCUT2D eigenvalue weighted by molar-refractivity contribution is 5.35. The van der Waals surface area contributed by atoms with Gasteiger partial charge in [-0.3, -0.25) is 4.98 Å². The van der Waals surface area contributed by atoms with Crippen LogP contribution >= 0.6 is 0 Å². The number of rotatable bonds is 6. The molecule has 2 aromatic rings. The number of pyridine rings is 1. The second kappa shape index (κ2) is 6.85. The molecule has 0 amide bonds. The molecule has 1 N–H and O–H groups in total. The third-order valence-corrected chi connectivity index (χ3v) is 2.56. The molecule has 7 heteroatoms. The highest BCUT2D eigenvalue weighted by Crippen LogP contribution is 2.16. The predicted octanol–water partition coefficient (Wildman–Crippen LogP) is 2.57. The van der Waals surface area contributed by atoms with Gasteiger partial charge in [0, 0.05) is 25.9 Å². The molecule has 0 fully saturated rings. The summed E-state index contributed by atoms with van der Waals surface area (Å²) in [6, 6.07) is 4.70. The second-order valence-corrected chi connectivity index (χ2v) is 4.07. The van der Waals surface area contributed by atoms with E-state index in [2.05, 4.69) is 20.3 Å². The maximum Gasteiger partial charge on any atom is 0.280 e. The lowest BCUT2D eigenvalue weighted by Crippen LogP contribution is -2.04. The molecule has 2 aromatic heterocycles. The molecule has 106 valence electrons. The third-order valence-electron chi connectivity index (χ3n) is 2.56. The molecular formula is C13H14F2N4O. The minimum absolute atomic E-state index is 0.224. The van der Waals surface area contributed by atoms with Gasteiger partial charge in [-0.25, -0.2) is 18.7 Å². The quantitative estimate of drug-likeness (QED) is 0.881. The Kier molecular flexibility index (Phi) is 4.89. The number of ether oxygens (including phenoxy) is 1. The molecule has 5 nitrogen and oxygen atoms in total. The van der Waals surface area contributed by atoms with Gasteiger partial charge in [-0.1, -0.05) is 6.07 Å². The number of hydrogen-bond donors (Lipinski definition) is 1. The zero-order chi connectivity index (χ0) is 14.4. The van der Waals surface area contributed by atoms with Gasteiger partial charge < -0.3 is 10.1 Å². The van der Waals surface area contributed by atoms with Crippen molar-refractivity contribution in [2.75, 3.05) is 12.4 Å². The van der Waals surface area contributed by atoms with Gasteiger partial charge in [0.05, 0.1) is 12.3 Å². The van der Waals surface area contributed by atoms with Crippen molar-refractivity contribution in [2.45, 2.75) is 19.6 Å². The fourth-order valence-corrected chi connectivity index (χ4v) is 1.58. The molecule has 2 rings (SSSR count). The van der Waals surface area contributed by atoms with Crippen molar-refractivity contribution >= 4 is 5.82 Å². The Hall–Kier alpha value is -2.15. The lowest BCUT2D eigenvalue weighted by molar-refractivity contribution is 0.146. The molecule has 0 radical (unpaired) electrons. The number of anilines is 1. The molecule has 0 atom stereocenters. The molecule has 0 saturated carbocycles. The summed E-state index contributed by atoms with van der Waals surface area (Å²) in [5.41, 5.74) is 1.33. The number of hydrogen-bond acceptors (Lipinski definition) is 5. The minimum Gasteiger partial charge on any atom is -0.378 e. The first-order valence-electron chi connectivity index (χ1n) is 5.95. The monoisotopic (exact) mass is 280 g/mol. The summed E-state index contributed by atoms with van der Waals surface area (Å²) < 4.78 is 29.7. The second-order valence-electron chi connectivity index (χ2n) is 4.07. The van der Waals surface area contributed by atoms with Gasteiger partial charge in [0.1, 0.15) is 17.8 Å². The maximum absolute atomic E-state index is 12.4. The van der Waals surface area contributed by atoms with E-state index in [1.54, 1.807) is 19.2 Å². The summed E-state index contributed by atoms with van der Waals surface area (Å²) >= 11 is 0. The summed E-state index contributed by atoms with van der Waals surface area (Å²) in [7, 11) is 1.59. The molecule has 0 bridgehead atoms. The number of halogens is 2. The van der Waals surface area contributed by atoms with E-state index in [-0.39, 0.29) is 5.69 Å². The number of alkyl halides is 2. The average Bonchev–Trinajstić information content (AvgIpc) is 2.46. The minimum atomic E-state index is -2.55. The summed E-state index contributed by atoms with van der Waals surface area (Å²) in [5, 5.41) is 3.07. The van der Waals surface area contributed by atoms with Crippen molar-refractivity contribution in [1.29, 1.82) is 0 Å². The van der Waals surface area contributed by atoms with Crippen LogP contribution in [0.4, 0.5) is 14.6 Å². The van der Waals surface area contributed by atoms with E-state index in [0.717, 1.165) is 11.3 Å². The van der Waals surface area contributed by atoms with E-state index in [0.29, 0.717) is 19.0 Å². The topological polar surface area (TPSA) is 59.9 Å². The lowest BCUT2D eigenvalue weighted by atomic mass is 10.2. The van der Waals surface area contributed by atoms with E-state index in [4.69, 9.17) is 4.74 Å². The van der Waals surface area contributed by atoms with Crippen molar-refractivity contribution in [3.05, 3.63) is 47.7 Å². The van der Waals surface area contributed by atoms with Crippen LogP contribution in [0, 0.1) is 0 Å². The van der Waals surface area contributed by atoms with Crippen LogP contribution in [0.5, 0.6) is 0 Å². The Morgan fingerprint density at radius 2 is 2.10 bits per heavy atom. The Morgan fingerprint density at radius 3 is 2.75 bits per heavy atom. The fraction of sp³-hybridized carbons (Fsp3) is 0.308. The Balaban J connectivity index is 1.96. The van der Waals surface area contributed by atoms with E-state index >= 15 is 0 Å². The van der Waals surface area contributed by atoms with Gasteiger partial charge in [0.25, 0.3) is 6.43 Å².